The molecule has 7 heteroatoms. The Morgan fingerprint density at radius 3 is 2.74 bits per heavy atom. The van der Waals surface area contributed by atoms with Crippen LogP contribution in [0, 0.1) is 5.92 Å². The number of hydrogen-bond acceptors (Lipinski definition) is 4. The van der Waals surface area contributed by atoms with E-state index < -0.39 is 10.0 Å². The number of carbonyl (C=O) groups excluding carboxylic acids is 1. The summed E-state index contributed by atoms with van der Waals surface area (Å²) in [5.74, 6) is 0.153. The molecule has 6 nitrogen and oxygen atoms in total. The Hall–Kier alpha value is -1.86. The van der Waals surface area contributed by atoms with Crippen molar-refractivity contribution in [3.63, 3.8) is 0 Å². The smallest absolute Gasteiger partial charge is 0.243 e. The topological polar surface area (TPSA) is 75.7 Å². The van der Waals surface area contributed by atoms with Gasteiger partial charge >= 0.3 is 0 Å². The molecule has 1 heterocycles. The fraction of sp³-hybridized carbons (Fsp3) is 0.438. The van der Waals surface area contributed by atoms with Crippen molar-refractivity contribution >= 4 is 15.9 Å². The molecule has 0 saturated carbocycles. The van der Waals surface area contributed by atoms with E-state index in [9.17, 15) is 13.2 Å². The zero-order chi connectivity index (χ0) is 16.9. The Morgan fingerprint density at radius 2 is 2.13 bits per heavy atom. The lowest BCUT2D eigenvalue weighted by molar-refractivity contribution is -0.125. The van der Waals surface area contributed by atoms with Gasteiger partial charge in [-0.15, -0.1) is 6.58 Å². The second-order valence-electron chi connectivity index (χ2n) is 5.41. The van der Waals surface area contributed by atoms with E-state index in [2.05, 4.69) is 11.9 Å². The van der Waals surface area contributed by atoms with Gasteiger partial charge in [0, 0.05) is 19.6 Å². The molecule has 126 valence electrons. The van der Waals surface area contributed by atoms with Gasteiger partial charge in [0.05, 0.1) is 17.9 Å². The first-order chi connectivity index (χ1) is 11.0. The first-order valence-electron chi connectivity index (χ1n) is 7.52. The maximum Gasteiger partial charge on any atom is 0.243 e. The van der Waals surface area contributed by atoms with Crippen molar-refractivity contribution in [1.82, 2.24) is 9.62 Å². The van der Waals surface area contributed by atoms with E-state index in [4.69, 9.17) is 4.74 Å². The van der Waals surface area contributed by atoms with Gasteiger partial charge in [-0.3, -0.25) is 4.79 Å². The highest BCUT2D eigenvalue weighted by molar-refractivity contribution is 7.89. The van der Waals surface area contributed by atoms with Gasteiger partial charge in [0.2, 0.25) is 15.9 Å². The molecule has 1 aliphatic rings. The number of ether oxygens (including phenoxy) is 1. The molecule has 0 aromatic heterocycles. The summed E-state index contributed by atoms with van der Waals surface area (Å²) in [6, 6.07) is 6.28. The predicted octanol–water partition coefficient (Wildman–Crippen LogP) is 1.40. The number of benzene rings is 1. The summed E-state index contributed by atoms with van der Waals surface area (Å²) in [7, 11) is -2.07. The van der Waals surface area contributed by atoms with E-state index in [0.29, 0.717) is 31.7 Å². The van der Waals surface area contributed by atoms with Gasteiger partial charge in [-0.2, -0.15) is 4.31 Å². The first-order valence-corrected chi connectivity index (χ1v) is 8.96. The average molecular weight is 338 g/mol. The molecule has 0 bridgehead atoms. The number of amides is 1. The third kappa shape index (κ3) is 4.11. The van der Waals surface area contributed by atoms with Gasteiger partial charge < -0.3 is 10.1 Å². The molecule has 1 aromatic rings. The van der Waals surface area contributed by atoms with Crippen molar-refractivity contribution in [3.8, 4) is 5.75 Å². The SMILES string of the molecule is C=CCNC(=O)[C@@H]1CCCN(S(=O)(=O)c2ccc(OC)cc2)C1. The van der Waals surface area contributed by atoms with E-state index in [1.807, 2.05) is 0 Å². The molecule has 1 aliphatic heterocycles. The third-order valence-corrected chi connectivity index (χ3v) is 5.75. The van der Waals surface area contributed by atoms with Crippen molar-refractivity contribution in [2.45, 2.75) is 17.7 Å². The second kappa shape index (κ2) is 7.61. The number of carbonyl (C=O) groups is 1. The minimum Gasteiger partial charge on any atom is -0.497 e. The largest absolute Gasteiger partial charge is 0.497 e. The Balaban J connectivity index is 2.12. The summed E-state index contributed by atoms with van der Waals surface area (Å²) in [4.78, 5) is 12.3. The minimum atomic E-state index is -3.60. The molecule has 1 amide bonds. The number of piperidine rings is 1. The summed E-state index contributed by atoms with van der Waals surface area (Å²) < 4.78 is 31.8. The van der Waals surface area contributed by atoms with E-state index in [1.165, 1.54) is 23.5 Å². The summed E-state index contributed by atoms with van der Waals surface area (Å²) >= 11 is 0. The number of sulfonamides is 1. The summed E-state index contributed by atoms with van der Waals surface area (Å²) in [5, 5.41) is 2.73. The molecule has 1 saturated heterocycles. The van der Waals surface area contributed by atoms with Crippen LogP contribution >= 0.6 is 0 Å². The number of methoxy groups -OCH3 is 1. The lowest BCUT2D eigenvalue weighted by Crippen LogP contribution is -2.45. The first kappa shape index (κ1) is 17.5. The molecule has 0 spiro atoms. The van der Waals surface area contributed by atoms with Crippen LogP contribution in [0.1, 0.15) is 12.8 Å². The highest BCUT2D eigenvalue weighted by Gasteiger charge is 2.33. The minimum absolute atomic E-state index is 0.125. The molecule has 0 aliphatic carbocycles. The van der Waals surface area contributed by atoms with Crippen molar-refractivity contribution in [2.75, 3.05) is 26.7 Å². The van der Waals surface area contributed by atoms with E-state index in [1.54, 1.807) is 18.2 Å². The predicted molar refractivity (Wildman–Crippen MR) is 87.7 cm³/mol. The fourth-order valence-corrected chi connectivity index (χ4v) is 4.11. The molecule has 23 heavy (non-hydrogen) atoms. The molecule has 2 rings (SSSR count). The van der Waals surface area contributed by atoms with Gasteiger partial charge in [-0.1, -0.05) is 6.08 Å². The molecule has 1 N–H and O–H groups in total. The number of nitrogens with zero attached hydrogens (tertiary/aromatic N) is 1. The number of nitrogens with one attached hydrogen (secondary N) is 1. The Labute approximate surface area is 137 Å². The van der Waals surface area contributed by atoms with Crippen LogP contribution < -0.4 is 10.1 Å². The lowest BCUT2D eigenvalue weighted by atomic mass is 9.99. The quantitative estimate of drug-likeness (QED) is 0.796. The van der Waals surface area contributed by atoms with Crippen molar-refractivity contribution in [2.24, 2.45) is 5.92 Å². The monoisotopic (exact) mass is 338 g/mol. The maximum absolute atomic E-state index is 12.7. The highest BCUT2D eigenvalue weighted by atomic mass is 32.2. The maximum atomic E-state index is 12.7. The van der Waals surface area contributed by atoms with Gasteiger partial charge in [0.25, 0.3) is 0 Å². The van der Waals surface area contributed by atoms with Crippen LogP contribution in [-0.4, -0.2) is 45.4 Å². The summed E-state index contributed by atoms with van der Waals surface area (Å²) in [5.41, 5.74) is 0. The molecule has 1 atom stereocenters. The van der Waals surface area contributed by atoms with Crippen molar-refractivity contribution < 1.29 is 17.9 Å². The van der Waals surface area contributed by atoms with Crippen LogP contribution in [-0.2, 0) is 14.8 Å². The molecular weight excluding hydrogens is 316 g/mol. The second-order valence-corrected chi connectivity index (χ2v) is 7.35. The van der Waals surface area contributed by atoms with Gasteiger partial charge in [0.15, 0.2) is 0 Å². The van der Waals surface area contributed by atoms with Crippen LogP contribution in [0.25, 0.3) is 0 Å². The normalized spacial score (nSPS) is 19.1. The standard InChI is InChI=1S/C16H22N2O4S/c1-3-10-17-16(19)13-5-4-11-18(12-13)23(20,21)15-8-6-14(22-2)7-9-15/h3,6-9,13H,1,4-5,10-12H2,2H3,(H,17,19)/t13-/m1/s1. The Morgan fingerprint density at radius 1 is 1.43 bits per heavy atom. The molecule has 0 unspecified atom stereocenters. The third-order valence-electron chi connectivity index (χ3n) is 3.87. The molecule has 0 radical (unpaired) electrons. The van der Waals surface area contributed by atoms with Crippen LogP contribution in [0.3, 0.4) is 0 Å². The van der Waals surface area contributed by atoms with Gasteiger partial charge in [-0.05, 0) is 37.1 Å². The number of rotatable bonds is 6. The van der Waals surface area contributed by atoms with E-state index in [0.717, 1.165) is 0 Å². The molecular formula is C16H22N2O4S. The Kier molecular flexibility index (Phi) is 5.79. The van der Waals surface area contributed by atoms with Gasteiger partial charge in [-0.25, -0.2) is 8.42 Å². The van der Waals surface area contributed by atoms with Crippen LogP contribution in [0.5, 0.6) is 5.75 Å². The zero-order valence-corrected chi connectivity index (χ0v) is 14.0. The van der Waals surface area contributed by atoms with Crippen molar-refractivity contribution in [1.29, 1.82) is 0 Å². The lowest BCUT2D eigenvalue weighted by Gasteiger charge is -2.31. The van der Waals surface area contributed by atoms with Crippen LogP contribution in [0.2, 0.25) is 0 Å². The van der Waals surface area contributed by atoms with Crippen LogP contribution in [0.4, 0.5) is 0 Å². The molecule has 1 aromatic carbocycles. The van der Waals surface area contributed by atoms with E-state index >= 15 is 0 Å². The molecule has 1 fully saturated rings. The number of hydrogen-bond donors (Lipinski definition) is 1. The van der Waals surface area contributed by atoms with E-state index in [-0.39, 0.29) is 23.3 Å². The van der Waals surface area contributed by atoms with Crippen molar-refractivity contribution in [3.05, 3.63) is 36.9 Å². The Bertz CT molecular complexity index is 655. The summed E-state index contributed by atoms with van der Waals surface area (Å²) in [6.45, 7) is 4.58. The highest BCUT2D eigenvalue weighted by Crippen LogP contribution is 2.25. The summed E-state index contributed by atoms with van der Waals surface area (Å²) in [6.07, 6.45) is 2.96. The zero-order valence-electron chi connectivity index (χ0n) is 13.2. The average Bonchev–Trinajstić information content (AvgIpc) is 2.59. The van der Waals surface area contributed by atoms with Gasteiger partial charge in [0.1, 0.15) is 5.75 Å². The fourth-order valence-electron chi connectivity index (χ4n) is 2.59. The van der Waals surface area contributed by atoms with Crippen LogP contribution in [0.15, 0.2) is 41.8 Å².